The van der Waals surface area contributed by atoms with E-state index < -0.39 is 5.97 Å². The molecule has 27 heavy (non-hydrogen) atoms. The van der Waals surface area contributed by atoms with Gasteiger partial charge in [0.2, 0.25) is 10.1 Å². The van der Waals surface area contributed by atoms with Gasteiger partial charge in [0.1, 0.15) is 5.75 Å². The van der Waals surface area contributed by atoms with Gasteiger partial charge >= 0.3 is 5.97 Å². The van der Waals surface area contributed by atoms with Crippen LogP contribution in [-0.4, -0.2) is 34.8 Å². The summed E-state index contributed by atoms with van der Waals surface area (Å²) in [6, 6.07) is 12.0. The van der Waals surface area contributed by atoms with Gasteiger partial charge in [-0.05, 0) is 30.3 Å². The largest absolute Gasteiger partial charge is 0.495 e. The molecule has 0 saturated heterocycles. The molecule has 0 aliphatic carbocycles. The quantitative estimate of drug-likeness (QED) is 0.542. The molecule has 4 aromatic rings. The summed E-state index contributed by atoms with van der Waals surface area (Å²) in [5.41, 5.74) is 1.16. The Morgan fingerprint density at radius 2 is 2.00 bits per heavy atom. The molecule has 0 saturated carbocycles. The van der Waals surface area contributed by atoms with Crippen molar-refractivity contribution in [3.63, 3.8) is 0 Å². The molecule has 1 N–H and O–H groups in total. The molecule has 0 spiro atoms. The van der Waals surface area contributed by atoms with Crippen molar-refractivity contribution in [2.24, 2.45) is 0 Å². The molecule has 2 aromatic carbocycles. The predicted molar refractivity (Wildman–Crippen MR) is 102 cm³/mol. The van der Waals surface area contributed by atoms with Crippen LogP contribution in [0.3, 0.4) is 0 Å². The summed E-state index contributed by atoms with van der Waals surface area (Å²) < 4.78 is 11.3. The maximum Gasteiger partial charge on any atom is 0.337 e. The number of nitrogens with one attached hydrogen (secondary N) is 1. The highest BCUT2D eigenvalue weighted by Gasteiger charge is 2.14. The number of hydrogen-bond acceptors (Lipinski definition) is 8. The fourth-order valence-electron chi connectivity index (χ4n) is 2.67. The van der Waals surface area contributed by atoms with Crippen LogP contribution in [-0.2, 0) is 4.74 Å². The van der Waals surface area contributed by atoms with E-state index in [0.29, 0.717) is 32.3 Å². The molecule has 136 valence electrons. The number of ether oxygens (including phenoxy) is 2. The van der Waals surface area contributed by atoms with Crippen molar-refractivity contribution in [2.75, 3.05) is 19.5 Å². The highest BCUT2D eigenvalue weighted by Crippen LogP contribution is 2.29. The summed E-state index contributed by atoms with van der Waals surface area (Å²) in [7, 11) is 2.88. The van der Waals surface area contributed by atoms with Gasteiger partial charge in [-0.2, -0.15) is 4.52 Å². The Morgan fingerprint density at radius 3 is 2.78 bits per heavy atom. The first kappa shape index (κ1) is 17.0. The average molecular weight is 382 g/mol. The lowest BCUT2D eigenvalue weighted by atomic mass is 10.1. The minimum absolute atomic E-state index is 0.309. The van der Waals surface area contributed by atoms with Crippen molar-refractivity contribution in [1.29, 1.82) is 0 Å². The number of benzene rings is 2. The molecule has 0 fully saturated rings. The van der Waals surface area contributed by atoms with Crippen LogP contribution in [0.2, 0.25) is 0 Å². The normalized spacial score (nSPS) is 10.9. The third-order valence-corrected chi connectivity index (χ3v) is 4.79. The predicted octanol–water partition coefficient (Wildman–Crippen LogP) is 2.84. The lowest BCUT2D eigenvalue weighted by Gasteiger charge is -2.07. The summed E-state index contributed by atoms with van der Waals surface area (Å²) in [5.74, 6) is 0.173. The second-order valence-corrected chi connectivity index (χ2v) is 6.52. The fourth-order valence-corrected chi connectivity index (χ4v) is 3.48. The highest BCUT2D eigenvalue weighted by molar-refractivity contribution is 7.20. The topological polar surface area (TPSA) is 94.8 Å². The van der Waals surface area contributed by atoms with E-state index >= 15 is 0 Å². The number of anilines is 2. The van der Waals surface area contributed by atoms with Crippen molar-refractivity contribution < 1.29 is 14.3 Å². The Bertz CT molecular complexity index is 1230. The maximum absolute atomic E-state index is 12.7. The van der Waals surface area contributed by atoms with Gasteiger partial charge < -0.3 is 14.8 Å². The monoisotopic (exact) mass is 382 g/mol. The van der Waals surface area contributed by atoms with Crippen LogP contribution in [0.4, 0.5) is 10.8 Å². The van der Waals surface area contributed by atoms with Crippen LogP contribution < -0.4 is 15.6 Å². The van der Waals surface area contributed by atoms with Gasteiger partial charge in [0.15, 0.2) is 0 Å². The SMILES string of the molecule is COC(=O)c1ccc2c(=O)n3nc(Nc4ccccc4OC)sc3nc2c1. The van der Waals surface area contributed by atoms with E-state index in [1.807, 2.05) is 24.3 Å². The van der Waals surface area contributed by atoms with Crippen molar-refractivity contribution in [1.82, 2.24) is 14.6 Å². The van der Waals surface area contributed by atoms with E-state index in [0.717, 1.165) is 5.69 Å². The van der Waals surface area contributed by atoms with E-state index in [-0.39, 0.29) is 5.56 Å². The molecule has 0 unspecified atom stereocenters. The second-order valence-electron chi connectivity index (χ2n) is 5.57. The molecular weight excluding hydrogens is 368 g/mol. The third kappa shape index (κ3) is 2.97. The number of carbonyl (C=O) groups excluding carboxylic acids is 1. The number of aromatic nitrogens is 3. The molecule has 8 nitrogen and oxygen atoms in total. The number of hydrogen-bond donors (Lipinski definition) is 1. The number of nitrogens with zero attached hydrogens (tertiary/aromatic N) is 3. The maximum atomic E-state index is 12.7. The molecule has 4 rings (SSSR count). The van der Waals surface area contributed by atoms with Crippen LogP contribution in [0.1, 0.15) is 10.4 Å². The molecule has 9 heteroatoms. The Morgan fingerprint density at radius 1 is 1.19 bits per heavy atom. The van der Waals surface area contributed by atoms with Gasteiger partial charge in [-0.1, -0.05) is 23.5 Å². The zero-order valence-electron chi connectivity index (χ0n) is 14.4. The first-order chi connectivity index (χ1) is 13.1. The second kappa shape index (κ2) is 6.69. The molecule has 0 atom stereocenters. The van der Waals surface area contributed by atoms with Crippen LogP contribution in [0.15, 0.2) is 47.3 Å². The summed E-state index contributed by atoms with van der Waals surface area (Å²) in [6.45, 7) is 0. The van der Waals surface area contributed by atoms with Gasteiger partial charge in [0.05, 0.1) is 36.4 Å². The summed E-state index contributed by atoms with van der Waals surface area (Å²) in [5, 5.41) is 8.31. The summed E-state index contributed by atoms with van der Waals surface area (Å²) >= 11 is 1.22. The summed E-state index contributed by atoms with van der Waals surface area (Å²) in [4.78, 5) is 29.3. The van der Waals surface area contributed by atoms with Gasteiger partial charge in [-0.3, -0.25) is 4.79 Å². The van der Waals surface area contributed by atoms with Crippen LogP contribution >= 0.6 is 11.3 Å². The molecule has 2 heterocycles. The van der Waals surface area contributed by atoms with Crippen molar-refractivity contribution in [3.8, 4) is 5.75 Å². The highest BCUT2D eigenvalue weighted by atomic mass is 32.1. The lowest BCUT2D eigenvalue weighted by Crippen LogP contribution is -2.15. The lowest BCUT2D eigenvalue weighted by molar-refractivity contribution is 0.0601. The average Bonchev–Trinajstić information content (AvgIpc) is 3.10. The Balaban J connectivity index is 1.82. The van der Waals surface area contributed by atoms with Gasteiger partial charge in [0.25, 0.3) is 5.56 Å². The van der Waals surface area contributed by atoms with E-state index in [4.69, 9.17) is 9.47 Å². The van der Waals surface area contributed by atoms with E-state index in [2.05, 4.69) is 15.4 Å². The Hall–Kier alpha value is -3.46. The minimum Gasteiger partial charge on any atom is -0.495 e. The molecule has 0 bridgehead atoms. The first-order valence-corrected chi connectivity index (χ1v) is 8.74. The van der Waals surface area contributed by atoms with E-state index in [9.17, 15) is 9.59 Å². The van der Waals surface area contributed by atoms with Gasteiger partial charge in [-0.15, -0.1) is 5.10 Å². The molecule has 0 aliphatic rings. The van der Waals surface area contributed by atoms with Crippen molar-refractivity contribution >= 4 is 44.0 Å². The number of rotatable bonds is 4. The van der Waals surface area contributed by atoms with Crippen LogP contribution in [0.25, 0.3) is 15.9 Å². The number of carbonyl (C=O) groups is 1. The van der Waals surface area contributed by atoms with E-state index in [1.54, 1.807) is 13.2 Å². The third-order valence-electron chi connectivity index (χ3n) is 3.97. The van der Waals surface area contributed by atoms with Crippen molar-refractivity contribution in [2.45, 2.75) is 0 Å². The Labute approximate surface area is 157 Å². The standard InChI is InChI=1S/C18H14N4O4S/c1-25-14-6-4-3-5-12(14)19-17-21-22-15(23)11-8-7-10(16(24)26-2)9-13(11)20-18(22)27-17/h3-9H,1-2H3,(H,19,21). The minimum atomic E-state index is -0.485. The molecule has 0 amide bonds. The number of fused-ring (bicyclic) bond motifs is 2. The molecule has 2 aromatic heterocycles. The molecule has 0 radical (unpaired) electrons. The van der Waals surface area contributed by atoms with E-state index in [1.165, 1.54) is 35.1 Å². The number of methoxy groups -OCH3 is 2. The molecular formula is C18H14N4O4S. The van der Waals surface area contributed by atoms with Gasteiger partial charge in [-0.25, -0.2) is 9.78 Å². The zero-order valence-corrected chi connectivity index (χ0v) is 15.2. The first-order valence-electron chi connectivity index (χ1n) is 7.92. The Kier molecular flexibility index (Phi) is 4.21. The summed E-state index contributed by atoms with van der Waals surface area (Å²) in [6.07, 6.45) is 0. The zero-order chi connectivity index (χ0) is 19.0. The number of para-hydroxylation sites is 2. The fraction of sp³-hybridized carbons (Fsp3) is 0.111. The smallest absolute Gasteiger partial charge is 0.337 e. The van der Waals surface area contributed by atoms with Crippen LogP contribution in [0.5, 0.6) is 5.75 Å². The van der Waals surface area contributed by atoms with Gasteiger partial charge in [0, 0.05) is 0 Å². The number of esters is 1. The molecule has 0 aliphatic heterocycles. The van der Waals surface area contributed by atoms with Crippen LogP contribution in [0, 0.1) is 0 Å². The van der Waals surface area contributed by atoms with Crippen molar-refractivity contribution in [3.05, 3.63) is 58.4 Å².